The van der Waals surface area contributed by atoms with Crippen LogP contribution in [-0.4, -0.2) is 16.0 Å². The summed E-state index contributed by atoms with van der Waals surface area (Å²) in [6, 6.07) is 10.6. The van der Waals surface area contributed by atoms with Gasteiger partial charge in [0.25, 0.3) is 0 Å². The average Bonchev–Trinajstić information content (AvgIpc) is 2.76. The Bertz CT molecular complexity index is 667. The van der Waals surface area contributed by atoms with Crippen molar-refractivity contribution in [3.8, 4) is 0 Å². The van der Waals surface area contributed by atoms with Crippen LogP contribution >= 0.6 is 0 Å². The summed E-state index contributed by atoms with van der Waals surface area (Å²) in [5.74, 6) is 0. The molecule has 0 aliphatic heterocycles. The minimum Gasteiger partial charge on any atom is -0.359 e. The Morgan fingerprint density at radius 2 is 1.94 bits per heavy atom. The molecule has 0 bridgehead atoms. The van der Waals surface area contributed by atoms with Crippen LogP contribution in [0, 0.1) is 0 Å². The highest BCUT2D eigenvalue weighted by molar-refractivity contribution is 6.02. The van der Waals surface area contributed by atoms with Crippen molar-refractivity contribution in [2.45, 2.75) is 19.4 Å². The number of H-pyrrole nitrogens is 1. The molecule has 3 nitrogen and oxygen atoms in total. The predicted molar refractivity (Wildman–Crippen MR) is 71.0 cm³/mol. The molecular weight excluding hydrogens is 210 g/mol. The molecule has 0 aliphatic rings. The van der Waals surface area contributed by atoms with E-state index < -0.39 is 0 Å². The van der Waals surface area contributed by atoms with Crippen LogP contribution in [0.4, 0.5) is 0 Å². The second-order valence-electron chi connectivity index (χ2n) is 4.56. The van der Waals surface area contributed by atoms with Gasteiger partial charge in [0.2, 0.25) is 0 Å². The molecule has 1 atom stereocenters. The van der Waals surface area contributed by atoms with Crippen LogP contribution in [0.1, 0.15) is 12.6 Å². The van der Waals surface area contributed by atoms with E-state index in [1.165, 1.54) is 5.39 Å². The lowest BCUT2D eigenvalue weighted by Gasteiger charge is -2.06. The summed E-state index contributed by atoms with van der Waals surface area (Å²) in [4.78, 5) is 7.95. The molecule has 0 fully saturated rings. The number of pyridine rings is 1. The van der Waals surface area contributed by atoms with Crippen molar-refractivity contribution in [2.75, 3.05) is 0 Å². The summed E-state index contributed by atoms with van der Waals surface area (Å²) in [5, 5.41) is 2.36. The third kappa shape index (κ3) is 1.78. The van der Waals surface area contributed by atoms with E-state index in [2.05, 4.69) is 35.3 Å². The second-order valence-corrected chi connectivity index (χ2v) is 4.56. The van der Waals surface area contributed by atoms with Gasteiger partial charge >= 0.3 is 0 Å². The summed E-state index contributed by atoms with van der Waals surface area (Å²) in [7, 11) is 0. The molecule has 0 saturated carbocycles. The first-order valence-electron chi connectivity index (χ1n) is 5.85. The predicted octanol–water partition coefficient (Wildman–Crippen LogP) is 2.61. The summed E-state index contributed by atoms with van der Waals surface area (Å²) < 4.78 is 0. The number of nitrogens with zero attached hydrogens (tertiary/aromatic N) is 1. The van der Waals surface area contributed by atoms with Crippen LogP contribution in [0.25, 0.3) is 21.8 Å². The molecule has 2 heterocycles. The second kappa shape index (κ2) is 3.86. The molecule has 3 aromatic rings. The van der Waals surface area contributed by atoms with Crippen LogP contribution in [0.3, 0.4) is 0 Å². The molecule has 3 N–H and O–H groups in total. The van der Waals surface area contributed by atoms with Gasteiger partial charge in [0.05, 0.1) is 11.0 Å². The zero-order valence-electron chi connectivity index (χ0n) is 9.77. The lowest BCUT2D eigenvalue weighted by atomic mass is 10.1. The van der Waals surface area contributed by atoms with Gasteiger partial charge in [-0.2, -0.15) is 0 Å². The Balaban J connectivity index is 2.24. The molecule has 3 heteroatoms. The number of nitrogens with two attached hydrogens (primary N) is 1. The molecule has 0 amide bonds. The topological polar surface area (TPSA) is 54.7 Å². The largest absolute Gasteiger partial charge is 0.359 e. The van der Waals surface area contributed by atoms with Gasteiger partial charge in [-0.1, -0.05) is 18.2 Å². The highest BCUT2D eigenvalue weighted by Gasteiger charge is 2.05. The summed E-state index contributed by atoms with van der Waals surface area (Å²) in [5.41, 5.74) is 9.00. The summed E-state index contributed by atoms with van der Waals surface area (Å²) in [6.45, 7) is 2.00. The molecule has 0 spiro atoms. The fraction of sp³-hybridized carbons (Fsp3) is 0.214. The zero-order chi connectivity index (χ0) is 11.8. The Morgan fingerprint density at radius 3 is 2.76 bits per heavy atom. The Labute approximate surface area is 99.7 Å². The maximum Gasteiger partial charge on any atom is 0.0946 e. The van der Waals surface area contributed by atoms with Crippen LogP contribution in [0.5, 0.6) is 0 Å². The van der Waals surface area contributed by atoms with Crippen molar-refractivity contribution in [3.63, 3.8) is 0 Å². The summed E-state index contributed by atoms with van der Waals surface area (Å²) in [6.07, 6.45) is 2.76. The molecule has 0 radical (unpaired) electrons. The molecule has 0 saturated heterocycles. The number of hydrogen-bond donors (Lipinski definition) is 2. The van der Waals surface area contributed by atoms with E-state index in [9.17, 15) is 0 Å². The van der Waals surface area contributed by atoms with Gasteiger partial charge in [0, 0.05) is 35.1 Å². The SMILES string of the molecule is C[C@H](N)Cc1ccc2ccc3cc[nH]c3c2n1. The highest BCUT2D eigenvalue weighted by atomic mass is 14.8. The lowest BCUT2D eigenvalue weighted by molar-refractivity contribution is 0.725. The Hall–Kier alpha value is -1.87. The van der Waals surface area contributed by atoms with Crippen LogP contribution in [-0.2, 0) is 6.42 Å². The number of aromatic amines is 1. The Kier molecular flexibility index (Phi) is 2.34. The highest BCUT2D eigenvalue weighted by Crippen LogP contribution is 2.22. The van der Waals surface area contributed by atoms with Gasteiger partial charge in [-0.15, -0.1) is 0 Å². The molecule has 17 heavy (non-hydrogen) atoms. The van der Waals surface area contributed by atoms with Gasteiger partial charge in [-0.05, 0) is 19.1 Å². The third-order valence-corrected chi connectivity index (χ3v) is 2.97. The normalized spacial score (nSPS) is 13.3. The van der Waals surface area contributed by atoms with E-state index in [0.29, 0.717) is 0 Å². The average molecular weight is 225 g/mol. The van der Waals surface area contributed by atoms with Crippen LogP contribution < -0.4 is 5.73 Å². The van der Waals surface area contributed by atoms with Crippen molar-refractivity contribution >= 4 is 21.8 Å². The van der Waals surface area contributed by atoms with Crippen LogP contribution in [0.2, 0.25) is 0 Å². The number of fused-ring (bicyclic) bond motifs is 3. The van der Waals surface area contributed by atoms with Crippen molar-refractivity contribution in [1.82, 2.24) is 9.97 Å². The van der Waals surface area contributed by atoms with E-state index in [0.717, 1.165) is 28.5 Å². The smallest absolute Gasteiger partial charge is 0.0946 e. The third-order valence-electron chi connectivity index (χ3n) is 2.97. The van der Waals surface area contributed by atoms with E-state index in [4.69, 9.17) is 10.7 Å². The summed E-state index contributed by atoms with van der Waals surface area (Å²) >= 11 is 0. The van der Waals surface area contributed by atoms with Crippen molar-refractivity contribution in [3.05, 3.63) is 42.2 Å². The number of hydrogen-bond acceptors (Lipinski definition) is 2. The van der Waals surface area contributed by atoms with E-state index in [1.54, 1.807) is 0 Å². The molecular formula is C14H15N3. The van der Waals surface area contributed by atoms with E-state index >= 15 is 0 Å². The standard InChI is InChI=1S/C14H15N3/c1-9(15)8-12-5-4-10-2-3-11-6-7-16-13(11)14(10)17-12/h2-7,9,16H,8,15H2,1H3/t9-/m0/s1. The fourth-order valence-electron chi connectivity index (χ4n) is 2.19. The molecule has 3 rings (SSSR count). The first kappa shape index (κ1) is 10.3. The van der Waals surface area contributed by atoms with E-state index in [-0.39, 0.29) is 6.04 Å². The van der Waals surface area contributed by atoms with Crippen LogP contribution in [0.15, 0.2) is 36.5 Å². The zero-order valence-corrected chi connectivity index (χ0v) is 9.77. The fourth-order valence-corrected chi connectivity index (χ4v) is 2.19. The quantitative estimate of drug-likeness (QED) is 0.704. The van der Waals surface area contributed by atoms with Gasteiger partial charge in [0.15, 0.2) is 0 Å². The first-order chi connectivity index (χ1) is 8.24. The molecule has 86 valence electrons. The van der Waals surface area contributed by atoms with Gasteiger partial charge in [-0.25, -0.2) is 0 Å². The van der Waals surface area contributed by atoms with Crippen molar-refractivity contribution in [1.29, 1.82) is 0 Å². The maximum absolute atomic E-state index is 5.81. The number of rotatable bonds is 2. The number of nitrogens with one attached hydrogen (secondary N) is 1. The molecule has 0 aliphatic carbocycles. The lowest BCUT2D eigenvalue weighted by Crippen LogP contribution is -2.18. The minimum atomic E-state index is 0.141. The molecule has 0 unspecified atom stereocenters. The first-order valence-corrected chi connectivity index (χ1v) is 5.85. The van der Waals surface area contributed by atoms with Gasteiger partial charge < -0.3 is 10.7 Å². The van der Waals surface area contributed by atoms with Crippen molar-refractivity contribution in [2.24, 2.45) is 5.73 Å². The number of aromatic nitrogens is 2. The van der Waals surface area contributed by atoms with E-state index in [1.807, 2.05) is 13.1 Å². The molecule has 1 aromatic carbocycles. The van der Waals surface area contributed by atoms with Gasteiger partial charge in [0.1, 0.15) is 0 Å². The monoisotopic (exact) mass is 225 g/mol. The number of benzene rings is 1. The maximum atomic E-state index is 5.81. The Morgan fingerprint density at radius 1 is 1.18 bits per heavy atom. The molecule has 2 aromatic heterocycles. The van der Waals surface area contributed by atoms with Crippen molar-refractivity contribution < 1.29 is 0 Å². The van der Waals surface area contributed by atoms with Gasteiger partial charge in [-0.3, -0.25) is 4.98 Å². The minimum absolute atomic E-state index is 0.141.